The molecule has 0 radical (unpaired) electrons. The first-order valence-corrected chi connectivity index (χ1v) is 9.68. The van der Waals surface area contributed by atoms with Crippen LogP contribution in [0.4, 0.5) is 4.79 Å². The number of nitrogens with zero attached hydrogens (tertiary/aromatic N) is 1. The average molecular weight is 370 g/mol. The van der Waals surface area contributed by atoms with Gasteiger partial charge in [0.1, 0.15) is 12.1 Å². The molecule has 0 unspecified atom stereocenters. The third-order valence-corrected chi connectivity index (χ3v) is 4.67. The summed E-state index contributed by atoms with van der Waals surface area (Å²) in [5.41, 5.74) is -0.579. The monoisotopic (exact) mass is 369 g/mol. The van der Waals surface area contributed by atoms with Gasteiger partial charge in [0.05, 0.1) is 0 Å². The van der Waals surface area contributed by atoms with Crippen LogP contribution in [0, 0.1) is 11.8 Å². The molecule has 0 atom stereocenters. The second kappa shape index (κ2) is 10.4. The first kappa shape index (κ1) is 22.3. The molecular formula is C19H35N3O4. The zero-order chi connectivity index (χ0) is 19.7. The molecule has 7 nitrogen and oxygen atoms in total. The molecule has 150 valence electrons. The van der Waals surface area contributed by atoms with Crippen molar-refractivity contribution in [2.75, 3.05) is 26.2 Å². The Balaban J connectivity index is 2.27. The molecular weight excluding hydrogens is 334 g/mol. The van der Waals surface area contributed by atoms with E-state index in [4.69, 9.17) is 4.74 Å². The Morgan fingerprint density at radius 1 is 1.08 bits per heavy atom. The van der Waals surface area contributed by atoms with E-state index in [1.54, 1.807) is 25.7 Å². The number of carbonyl (C=O) groups is 3. The number of hydrogen-bond donors (Lipinski definition) is 2. The zero-order valence-corrected chi connectivity index (χ0v) is 16.9. The number of ether oxygens (including phenoxy) is 1. The van der Waals surface area contributed by atoms with Crippen molar-refractivity contribution >= 4 is 17.9 Å². The summed E-state index contributed by atoms with van der Waals surface area (Å²) in [5, 5.41) is 5.55. The van der Waals surface area contributed by atoms with Crippen LogP contribution in [0.15, 0.2) is 0 Å². The summed E-state index contributed by atoms with van der Waals surface area (Å²) >= 11 is 0. The molecule has 0 saturated carbocycles. The first-order chi connectivity index (χ1) is 12.2. The fraction of sp³-hybridized carbons (Fsp3) is 0.842. The standard InChI is InChI=1S/C19H35N3O4/c1-6-15(7-2)17(24)20-12-14-8-10-22(11-9-14)16(23)13-21-18(25)26-19(3,4)5/h14-15H,6-13H2,1-5H3,(H,20,24)(H,21,25). The fourth-order valence-corrected chi connectivity index (χ4v) is 3.01. The summed E-state index contributed by atoms with van der Waals surface area (Å²) in [6.07, 6.45) is 2.87. The molecule has 0 spiro atoms. The van der Waals surface area contributed by atoms with Gasteiger partial charge in [-0.2, -0.15) is 0 Å². The zero-order valence-electron chi connectivity index (χ0n) is 16.9. The minimum Gasteiger partial charge on any atom is -0.444 e. The van der Waals surface area contributed by atoms with Crippen LogP contribution in [0.1, 0.15) is 60.3 Å². The molecule has 26 heavy (non-hydrogen) atoms. The van der Waals surface area contributed by atoms with Crippen LogP contribution in [-0.2, 0) is 14.3 Å². The van der Waals surface area contributed by atoms with Crippen LogP contribution in [0.3, 0.4) is 0 Å². The lowest BCUT2D eigenvalue weighted by Gasteiger charge is -2.32. The van der Waals surface area contributed by atoms with Crippen molar-refractivity contribution in [2.24, 2.45) is 11.8 Å². The first-order valence-electron chi connectivity index (χ1n) is 9.68. The van der Waals surface area contributed by atoms with Gasteiger partial charge in [-0.1, -0.05) is 13.8 Å². The van der Waals surface area contributed by atoms with Crippen molar-refractivity contribution in [2.45, 2.75) is 65.9 Å². The molecule has 3 amide bonds. The van der Waals surface area contributed by atoms with Crippen LogP contribution in [0.5, 0.6) is 0 Å². The fourth-order valence-electron chi connectivity index (χ4n) is 3.01. The van der Waals surface area contributed by atoms with Crippen LogP contribution in [0.2, 0.25) is 0 Å². The van der Waals surface area contributed by atoms with E-state index < -0.39 is 11.7 Å². The number of rotatable bonds is 7. The summed E-state index contributed by atoms with van der Waals surface area (Å²) in [6, 6.07) is 0. The van der Waals surface area contributed by atoms with Gasteiger partial charge in [-0.05, 0) is 52.4 Å². The van der Waals surface area contributed by atoms with E-state index >= 15 is 0 Å². The largest absolute Gasteiger partial charge is 0.444 e. The lowest BCUT2D eigenvalue weighted by molar-refractivity contribution is -0.132. The van der Waals surface area contributed by atoms with Gasteiger partial charge in [-0.25, -0.2) is 4.79 Å². The molecule has 0 bridgehead atoms. The molecule has 1 aliphatic rings. The van der Waals surface area contributed by atoms with Crippen LogP contribution >= 0.6 is 0 Å². The van der Waals surface area contributed by atoms with Crippen molar-refractivity contribution in [3.8, 4) is 0 Å². The minimum absolute atomic E-state index is 0.0506. The Morgan fingerprint density at radius 2 is 1.65 bits per heavy atom. The van der Waals surface area contributed by atoms with Crippen molar-refractivity contribution in [1.29, 1.82) is 0 Å². The summed E-state index contributed by atoms with van der Waals surface area (Å²) in [7, 11) is 0. The molecule has 1 saturated heterocycles. The number of hydrogen-bond acceptors (Lipinski definition) is 4. The van der Waals surface area contributed by atoms with E-state index in [0.29, 0.717) is 25.6 Å². The molecule has 0 aromatic carbocycles. The lowest BCUT2D eigenvalue weighted by Crippen LogP contribution is -2.46. The van der Waals surface area contributed by atoms with Crippen molar-refractivity contribution in [3.63, 3.8) is 0 Å². The van der Waals surface area contributed by atoms with Gasteiger partial charge in [0.25, 0.3) is 0 Å². The highest BCUT2D eigenvalue weighted by Gasteiger charge is 2.24. The molecule has 0 aromatic heterocycles. The maximum absolute atomic E-state index is 12.2. The highest BCUT2D eigenvalue weighted by Crippen LogP contribution is 2.17. The number of nitrogens with one attached hydrogen (secondary N) is 2. The Hall–Kier alpha value is -1.79. The predicted octanol–water partition coefficient (Wildman–Crippen LogP) is 2.30. The topological polar surface area (TPSA) is 87.7 Å². The van der Waals surface area contributed by atoms with Crippen molar-refractivity contribution in [3.05, 3.63) is 0 Å². The van der Waals surface area contributed by atoms with Crippen LogP contribution < -0.4 is 10.6 Å². The highest BCUT2D eigenvalue weighted by molar-refractivity contribution is 5.82. The van der Waals surface area contributed by atoms with Crippen LogP contribution in [0.25, 0.3) is 0 Å². The number of likely N-dealkylation sites (tertiary alicyclic amines) is 1. The summed E-state index contributed by atoms with van der Waals surface area (Å²) in [6.45, 7) is 11.3. The molecule has 0 aromatic rings. The second-order valence-electron chi connectivity index (χ2n) is 7.94. The summed E-state index contributed by atoms with van der Waals surface area (Å²) in [4.78, 5) is 37.6. The van der Waals surface area contributed by atoms with Gasteiger partial charge < -0.3 is 20.3 Å². The smallest absolute Gasteiger partial charge is 0.408 e. The van der Waals surface area contributed by atoms with E-state index in [9.17, 15) is 14.4 Å². The Bertz CT molecular complexity index is 476. The summed E-state index contributed by atoms with van der Waals surface area (Å²) in [5.74, 6) is 0.525. The van der Waals surface area contributed by atoms with Crippen LogP contribution in [-0.4, -0.2) is 54.6 Å². The molecule has 0 aliphatic carbocycles. The van der Waals surface area contributed by atoms with Gasteiger partial charge in [0, 0.05) is 25.6 Å². The molecule has 2 N–H and O–H groups in total. The Morgan fingerprint density at radius 3 is 2.15 bits per heavy atom. The number of piperidine rings is 1. The number of alkyl carbamates (subject to hydrolysis) is 1. The predicted molar refractivity (Wildman–Crippen MR) is 101 cm³/mol. The third-order valence-electron chi connectivity index (χ3n) is 4.67. The molecule has 1 heterocycles. The highest BCUT2D eigenvalue weighted by atomic mass is 16.6. The van der Waals surface area contributed by atoms with E-state index in [2.05, 4.69) is 10.6 Å². The molecule has 1 fully saturated rings. The maximum Gasteiger partial charge on any atom is 0.408 e. The third kappa shape index (κ3) is 8.06. The number of amides is 3. The molecule has 1 rings (SSSR count). The van der Waals surface area contributed by atoms with Gasteiger partial charge >= 0.3 is 6.09 Å². The van der Waals surface area contributed by atoms with Crippen molar-refractivity contribution < 1.29 is 19.1 Å². The summed E-state index contributed by atoms with van der Waals surface area (Å²) < 4.78 is 5.12. The maximum atomic E-state index is 12.2. The number of carbonyl (C=O) groups excluding carboxylic acids is 3. The Labute approximate surface area is 157 Å². The van der Waals surface area contributed by atoms with Gasteiger partial charge in [-0.3, -0.25) is 9.59 Å². The quantitative estimate of drug-likeness (QED) is 0.721. The van der Waals surface area contributed by atoms with E-state index in [1.165, 1.54) is 0 Å². The molecule has 1 aliphatic heterocycles. The van der Waals surface area contributed by atoms with Gasteiger partial charge in [0.15, 0.2) is 0 Å². The lowest BCUT2D eigenvalue weighted by atomic mass is 9.96. The normalized spacial score (nSPS) is 15.7. The van der Waals surface area contributed by atoms with Gasteiger partial charge in [0.2, 0.25) is 11.8 Å². The van der Waals surface area contributed by atoms with E-state index in [1.807, 2.05) is 13.8 Å². The van der Waals surface area contributed by atoms with Gasteiger partial charge in [-0.15, -0.1) is 0 Å². The average Bonchev–Trinajstić information content (AvgIpc) is 2.58. The Kier molecular flexibility index (Phi) is 8.88. The SMILES string of the molecule is CCC(CC)C(=O)NCC1CCN(C(=O)CNC(=O)OC(C)(C)C)CC1. The molecule has 7 heteroatoms. The minimum atomic E-state index is -0.579. The van der Waals surface area contributed by atoms with E-state index in [0.717, 1.165) is 25.7 Å². The van der Waals surface area contributed by atoms with Crippen molar-refractivity contribution in [1.82, 2.24) is 15.5 Å². The second-order valence-corrected chi connectivity index (χ2v) is 7.94. The van der Waals surface area contributed by atoms with E-state index in [-0.39, 0.29) is 24.3 Å².